The monoisotopic (exact) mass is 329 g/mol. The third-order valence-corrected chi connectivity index (χ3v) is 4.11. The van der Waals surface area contributed by atoms with Crippen molar-refractivity contribution in [2.75, 3.05) is 6.54 Å². The van der Waals surface area contributed by atoms with Crippen molar-refractivity contribution in [3.8, 4) is 10.4 Å². The Balaban J connectivity index is 1.97. The second-order valence-corrected chi connectivity index (χ2v) is 5.83. The van der Waals surface area contributed by atoms with Crippen LogP contribution in [0.1, 0.15) is 16.9 Å². The Hall–Kier alpha value is -1.86. The number of halogens is 3. The molecule has 0 bridgehead atoms. The summed E-state index contributed by atoms with van der Waals surface area (Å²) in [6.45, 7) is 0.918. The lowest BCUT2D eigenvalue weighted by atomic mass is 10.1. The van der Waals surface area contributed by atoms with Crippen LogP contribution in [0.2, 0.25) is 0 Å². The molecular formula is C15H14F3NO2S. The normalized spacial score (nSPS) is 11.6. The highest BCUT2D eigenvalue weighted by molar-refractivity contribution is 7.15. The summed E-state index contributed by atoms with van der Waals surface area (Å²) in [7, 11) is 0. The predicted octanol–water partition coefficient (Wildman–Crippen LogP) is 4.00. The van der Waals surface area contributed by atoms with Crippen LogP contribution < -0.4 is 5.32 Å². The molecule has 1 aromatic carbocycles. The van der Waals surface area contributed by atoms with Crippen molar-refractivity contribution in [1.82, 2.24) is 5.32 Å². The van der Waals surface area contributed by atoms with Gasteiger partial charge >= 0.3 is 12.1 Å². The third kappa shape index (κ3) is 4.57. The number of carboxylic acid groups (broad SMARTS) is 1. The fourth-order valence-electron chi connectivity index (χ4n) is 1.86. The smallest absolute Gasteiger partial charge is 0.416 e. The molecule has 2 aromatic rings. The van der Waals surface area contributed by atoms with Crippen LogP contribution in [0.25, 0.3) is 10.4 Å². The Labute approximate surface area is 129 Å². The fraction of sp³-hybridized carbons (Fsp3) is 0.267. The molecule has 2 rings (SSSR count). The van der Waals surface area contributed by atoms with E-state index in [1.807, 2.05) is 12.1 Å². The van der Waals surface area contributed by atoms with E-state index in [0.717, 1.165) is 27.5 Å². The van der Waals surface area contributed by atoms with Gasteiger partial charge < -0.3 is 10.4 Å². The van der Waals surface area contributed by atoms with Gasteiger partial charge in [-0.3, -0.25) is 4.79 Å². The molecule has 22 heavy (non-hydrogen) atoms. The van der Waals surface area contributed by atoms with Gasteiger partial charge in [0.25, 0.3) is 0 Å². The molecule has 0 saturated heterocycles. The van der Waals surface area contributed by atoms with Gasteiger partial charge in [-0.05, 0) is 29.8 Å². The molecule has 1 aromatic heterocycles. The number of hydrogen-bond donors (Lipinski definition) is 2. The average Bonchev–Trinajstić information content (AvgIpc) is 2.91. The van der Waals surface area contributed by atoms with E-state index in [9.17, 15) is 18.0 Å². The highest BCUT2D eigenvalue weighted by Crippen LogP contribution is 2.33. The molecule has 2 N–H and O–H groups in total. The average molecular weight is 329 g/mol. The van der Waals surface area contributed by atoms with Crippen LogP contribution >= 0.6 is 11.3 Å². The first-order chi connectivity index (χ1) is 10.4. The number of benzene rings is 1. The van der Waals surface area contributed by atoms with Gasteiger partial charge in [0.2, 0.25) is 0 Å². The second-order valence-electron chi connectivity index (χ2n) is 4.66. The number of alkyl halides is 3. The van der Waals surface area contributed by atoms with Gasteiger partial charge in [0.15, 0.2) is 0 Å². The SMILES string of the molecule is O=C(O)CCNCc1ccc(-c2ccc(C(F)(F)F)cc2)s1. The molecule has 0 spiro atoms. The molecule has 0 aliphatic carbocycles. The fourth-order valence-corrected chi connectivity index (χ4v) is 2.84. The van der Waals surface area contributed by atoms with Crippen molar-refractivity contribution in [2.24, 2.45) is 0 Å². The van der Waals surface area contributed by atoms with Gasteiger partial charge in [-0.2, -0.15) is 13.2 Å². The maximum atomic E-state index is 12.5. The van der Waals surface area contributed by atoms with Crippen LogP contribution in [-0.2, 0) is 17.5 Å². The molecule has 0 atom stereocenters. The van der Waals surface area contributed by atoms with E-state index in [-0.39, 0.29) is 6.42 Å². The second kappa shape index (κ2) is 6.93. The number of thiophene rings is 1. The first-order valence-electron chi connectivity index (χ1n) is 6.55. The molecule has 0 unspecified atom stereocenters. The number of carboxylic acids is 1. The lowest BCUT2D eigenvalue weighted by Gasteiger charge is -2.06. The zero-order chi connectivity index (χ0) is 16.2. The molecule has 118 valence electrons. The van der Waals surface area contributed by atoms with E-state index in [0.29, 0.717) is 13.1 Å². The van der Waals surface area contributed by atoms with Gasteiger partial charge in [-0.25, -0.2) is 0 Å². The summed E-state index contributed by atoms with van der Waals surface area (Å²) in [5, 5.41) is 11.5. The van der Waals surface area contributed by atoms with Crippen LogP contribution in [-0.4, -0.2) is 17.6 Å². The van der Waals surface area contributed by atoms with E-state index in [1.165, 1.54) is 23.5 Å². The van der Waals surface area contributed by atoms with E-state index in [4.69, 9.17) is 5.11 Å². The molecule has 0 radical (unpaired) electrons. The van der Waals surface area contributed by atoms with Crippen LogP contribution in [0.4, 0.5) is 13.2 Å². The maximum Gasteiger partial charge on any atom is 0.416 e. The molecule has 7 heteroatoms. The molecule has 0 saturated carbocycles. The van der Waals surface area contributed by atoms with Crippen molar-refractivity contribution in [3.63, 3.8) is 0 Å². The topological polar surface area (TPSA) is 49.3 Å². The van der Waals surface area contributed by atoms with E-state index in [1.54, 1.807) is 0 Å². The summed E-state index contributed by atoms with van der Waals surface area (Å²) in [6, 6.07) is 8.78. The van der Waals surface area contributed by atoms with Gasteiger partial charge in [0.1, 0.15) is 0 Å². The maximum absolute atomic E-state index is 12.5. The van der Waals surface area contributed by atoms with Gasteiger partial charge in [-0.15, -0.1) is 11.3 Å². The van der Waals surface area contributed by atoms with Crippen LogP contribution in [0.15, 0.2) is 36.4 Å². The summed E-state index contributed by atoms with van der Waals surface area (Å²) in [5.74, 6) is -0.857. The minimum Gasteiger partial charge on any atom is -0.481 e. The van der Waals surface area contributed by atoms with Crippen LogP contribution in [0.3, 0.4) is 0 Å². The lowest BCUT2D eigenvalue weighted by molar-refractivity contribution is -0.138. The largest absolute Gasteiger partial charge is 0.481 e. The molecule has 0 fully saturated rings. The molecule has 0 amide bonds. The van der Waals surface area contributed by atoms with Crippen LogP contribution in [0, 0.1) is 0 Å². The summed E-state index contributed by atoms with van der Waals surface area (Å²) < 4.78 is 37.5. The highest BCUT2D eigenvalue weighted by Gasteiger charge is 2.29. The summed E-state index contributed by atoms with van der Waals surface area (Å²) in [6.07, 6.45) is -4.27. The third-order valence-electron chi connectivity index (χ3n) is 2.97. The minimum atomic E-state index is -4.33. The van der Waals surface area contributed by atoms with E-state index >= 15 is 0 Å². The molecule has 0 aliphatic rings. The molecule has 1 heterocycles. The molecule has 3 nitrogen and oxygen atoms in total. The Morgan fingerprint density at radius 3 is 2.41 bits per heavy atom. The quantitative estimate of drug-likeness (QED) is 0.788. The Morgan fingerprint density at radius 1 is 1.14 bits per heavy atom. The van der Waals surface area contributed by atoms with Crippen molar-refractivity contribution < 1.29 is 23.1 Å². The Kier molecular flexibility index (Phi) is 5.20. The minimum absolute atomic E-state index is 0.0527. The number of hydrogen-bond acceptors (Lipinski definition) is 3. The Bertz CT molecular complexity index is 635. The summed E-state index contributed by atoms with van der Waals surface area (Å²) in [5.41, 5.74) is 0.0677. The highest BCUT2D eigenvalue weighted by atomic mass is 32.1. The van der Waals surface area contributed by atoms with Gasteiger partial charge in [-0.1, -0.05) is 12.1 Å². The lowest BCUT2D eigenvalue weighted by Crippen LogP contribution is -2.16. The van der Waals surface area contributed by atoms with Gasteiger partial charge in [0, 0.05) is 22.8 Å². The zero-order valence-electron chi connectivity index (χ0n) is 11.5. The molecule has 0 aliphatic heterocycles. The van der Waals surface area contributed by atoms with Crippen molar-refractivity contribution in [1.29, 1.82) is 0 Å². The standard InChI is InChI=1S/C15H14F3NO2S/c16-15(17,18)11-3-1-10(2-4-11)13-6-5-12(22-13)9-19-8-7-14(20)21/h1-6,19H,7-9H2,(H,20,21). The number of carbonyl (C=O) groups is 1. The van der Waals surface area contributed by atoms with E-state index < -0.39 is 17.7 Å². The van der Waals surface area contributed by atoms with Crippen molar-refractivity contribution in [3.05, 3.63) is 46.8 Å². The first-order valence-corrected chi connectivity index (χ1v) is 7.37. The van der Waals surface area contributed by atoms with Crippen molar-refractivity contribution in [2.45, 2.75) is 19.1 Å². The van der Waals surface area contributed by atoms with Crippen molar-refractivity contribution >= 4 is 17.3 Å². The zero-order valence-corrected chi connectivity index (χ0v) is 12.3. The molecular weight excluding hydrogens is 315 g/mol. The first kappa shape index (κ1) is 16.5. The predicted molar refractivity (Wildman–Crippen MR) is 78.7 cm³/mol. The number of nitrogens with one attached hydrogen (secondary N) is 1. The number of aliphatic carboxylic acids is 1. The summed E-state index contributed by atoms with van der Waals surface area (Å²) in [4.78, 5) is 12.3. The Morgan fingerprint density at radius 2 is 1.82 bits per heavy atom. The van der Waals surface area contributed by atoms with Gasteiger partial charge in [0.05, 0.1) is 12.0 Å². The van der Waals surface area contributed by atoms with Crippen LogP contribution in [0.5, 0.6) is 0 Å². The van der Waals surface area contributed by atoms with E-state index in [2.05, 4.69) is 5.32 Å². The number of rotatable bonds is 6. The summed E-state index contributed by atoms with van der Waals surface area (Å²) >= 11 is 1.47.